The second kappa shape index (κ2) is 6.87. The van der Waals surface area contributed by atoms with Crippen molar-refractivity contribution in [2.24, 2.45) is 0 Å². The molecule has 5 rings (SSSR count). The number of thiophene rings is 1. The van der Waals surface area contributed by atoms with Crippen molar-refractivity contribution in [3.05, 3.63) is 42.0 Å². The molecule has 1 aliphatic heterocycles. The van der Waals surface area contributed by atoms with Crippen molar-refractivity contribution in [3.63, 3.8) is 0 Å². The van der Waals surface area contributed by atoms with Gasteiger partial charge >= 0.3 is 0 Å². The summed E-state index contributed by atoms with van der Waals surface area (Å²) in [5.74, 6) is 2.78. The number of rotatable bonds is 3. The van der Waals surface area contributed by atoms with Crippen LogP contribution in [0.4, 0.5) is 17.6 Å². The van der Waals surface area contributed by atoms with Gasteiger partial charge < -0.3 is 14.7 Å². The molecule has 142 valence electrons. The molecule has 3 aromatic heterocycles. The molecule has 0 radical (unpaired) electrons. The molecule has 0 aliphatic carbocycles. The first kappa shape index (κ1) is 17.1. The Hall–Kier alpha value is -3.00. The van der Waals surface area contributed by atoms with Crippen LogP contribution in [0.2, 0.25) is 0 Å². The normalized spacial score (nSPS) is 14.8. The molecule has 0 atom stereocenters. The molecule has 0 saturated carbocycles. The Bertz CT molecular complexity index is 1130. The minimum absolute atomic E-state index is 0.797. The summed E-state index contributed by atoms with van der Waals surface area (Å²) in [6, 6.07) is 10.3. The Labute approximate surface area is 167 Å². The number of aromatic nitrogens is 4. The molecule has 0 amide bonds. The van der Waals surface area contributed by atoms with Crippen LogP contribution in [0.15, 0.2) is 42.0 Å². The number of piperazine rings is 1. The Morgan fingerprint density at radius 3 is 2.50 bits per heavy atom. The molecule has 1 aliphatic rings. The maximum atomic E-state index is 4.86. The highest BCUT2D eigenvalue weighted by atomic mass is 32.1. The van der Waals surface area contributed by atoms with E-state index in [1.807, 2.05) is 26.2 Å². The van der Waals surface area contributed by atoms with E-state index in [1.165, 1.54) is 0 Å². The zero-order valence-corrected chi connectivity index (χ0v) is 16.7. The standard InChI is InChI=1S/C20H21N7S/c1-25(2)18-14-5-3-4-6-16(14)23-20(24-18)27-10-8-26(9-11-27)17-15-7-12-28-19(15)22-13-21-17/h3-7,12-13H,8-11H2,1-2H3. The van der Waals surface area contributed by atoms with Crippen LogP contribution in [0.3, 0.4) is 0 Å². The number of hydrogen-bond acceptors (Lipinski definition) is 8. The topological polar surface area (TPSA) is 61.3 Å². The highest BCUT2D eigenvalue weighted by Gasteiger charge is 2.23. The van der Waals surface area contributed by atoms with Crippen LogP contribution < -0.4 is 14.7 Å². The van der Waals surface area contributed by atoms with Crippen molar-refractivity contribution in [3.8, 4) is 0 Å². The predicted octanol–water partition coefficient (Wildman–Crippen LogP) is 3.03. The highest BCUT2D eigenvalue weighted by molar-refractivity contribution is 7.16. The largest absolute Gasteiger partial charge is 0.362 e. The lowest BCUT2D eigenvalue weighted by atomic mass is 10.2. The zero-order chi connectivity index (χ0) is 19.1. The molecule has 4 heterocycles. The van der Waals surface area contributed by atoms with E-state index in [2.05, 4.69) is 48.2 Å². The Kier molecular flexibility index (Phi) is 4.20. The molecule has 0 unspecified atom stereocenters. The summed E-state index contributed by atoms with van der Waals surface area (Å²) in [6.07, 6.45) is 1.66. The van der Waals surface area contributed by atoms with Gasteiger partial charge in [0.1, 0.15) is 22.8 Å². The van der Waals surface area contributed by atoms with Crippen LogP contribution >= 0.6 is 11.3 Å². The number of anilines is 3. The minimum atomic E-state index is 0.797. The molecule has 28 heavy (non-hydrogen) atoms. The van der Waals surface area contributed by atoms with Crippen molar-refractivity contribution in [1.82, 2.24) is 19.9 Å². The molecule has 7 nitrogen and oxygen atoms in total. The number of fused-ring (bicyclic) bond motifs is 2. The van der Waals surface area contributed by atoms with Crippen LogP contribution in [0.5, 0.6) is 0 Å². The Morgan fingerprint density at radius 2 is 1.68 bits per heavy atom. The van der Waals surface area contributed by atoms with E-state index in [1.54, 1.807) is 17.7 Å². The summed E-state index contributed by atoms with van der Waals surface area (Å²) in [4.78, 5) is 26.3. The van der Waals surface area contributed by atoms with Gasteiger partial charge in [0.05, 0.1) is 10.9 Å². The van der Waals surface area contributed by atoms with Gasteiger partial charge in [0.2, 0.25) is 5.95 Å². The highest BCUT2D eigenvalue weighted by Crippen LogP contribution is 2.29. The lowest BCUT2D eigenvalue weighted by Crippen LogP contribution is -2.47. The molecule has 8 heteroatoms. The quantitative estimate of drug-likeness (QED) is 0.532. The molecule has 0 N–H and O–H groups in total. The molecule has 1 saturated heterocycles. The second-order valence-corrected chi connectivity index (χ2v) is 7.96. The van der Waals surface area contributed by atoms with E-state index in [0.717, 1.165) is 64.9 Å². The third-order valence-electron chi connectivity index (χ3n) is 5.10. The van der Waals surface area contributed by atoms with Gasteiger partial charge in [0.25, 0.3) is 0 Å². The second-order valence-electron chi connectivity index (χ2n) is 7.07. The number of para-hydroxylation sites is 1. The fourth-order valence-corrected chi connectivity index (χ4v) is 4.40. The van der Waals surface area contributed by atoms with Gasteiger partial charge in [-0.25, -0.2) is 15.0 Å². The van der Waals surface area contributed by atoms with Gasteiger partial charge in [0, 0.05) is 45.7 Å². The van der Waals surface area contributed by atoms with Gasteiger partial charge in [-0.2, -0.15) is 4.98 Å². The maximum Gasteiger partial charge on any atom is 0.228 e. The molecule has 1 fully saturated rings. The van der Waals surface area contributed by atoms with Crippen LogP contribution in [0, 0.1) is 0 Å². The molecule has 0 spiro atoms. The summed E-state index contributed by atoms with van der Waals surface area (Å²) >= 11 is 1.66. The molecule has 0 bridgehead atoms. The van der Waals surface area contributed by atoms with Crippen LogP contribution in [0.1, 0.15) is 0 Å². The lowest BCUT2D eigenvalue weighted by Gasteiger charge is -2.36. The van der Waals surface area contributed by atoms with Crippen molar-refractivity contribution in [2.45, 2.75) is 0 Å². The van der Waals surface area contributed by atoms with Crippen molar-refractivity contribution in [1.29, 1.82) is 0 Å². The molecular weight excluding hydrogens is 370 g/mol. The van der Waals surface area contributed by atoms with Gasteiger partial charge in [0.15, 0.2) is 0 Å². The first-order chi connectivity index (χ1) is 13.7. The fraction of sp³-hybridized carbons (Fsp3) is 0.300. The summed E-state index contributed by atoms with van der Waals surface area (Å²) in [6.45, 7) is 3.49. The van der Waals surface area contributed by atoms with E-state index < -0.39 is 0 Å². The molecular formula is C20H21N7S. The predicted molar refractivity (Wildman–Crippen MR) is 116 cm³/mol. The summed E-state index contributed by atoms with van der Waals surface area (Å²) in [5.41, 5.74) is 0.981. The maximum absolute atomic E-state index is 4.86. The van der Waals surface area contributed by atoms with Gasteiger partial charge in [-0.3, -0.25) is 0 Å². The van der Waals surface area contributed by atoms with E-state index >= 15 is 0 Å². The van der Waals surface area contributed by atoms with Gasteiger partial charge in [-0.1, -0.05) is 12.1 Å². The van der Waals surface area contributed by atoms with E-state index in [-0.39, 0.29) is 0 Å². The lowest BCUT2D eigenvalue weighted by molar-refractivity contribution is 0.637. The molecule has 4 aromatic rings. The van der Waals surface area contributed by atoms with Crippen LogP contribution in [-0.2, 0) is 0 Å². The monoisotopic (exact) mass is 391 g/mol. The van der Waals surface area contributed by atoms with Crippen molar-refractivity contribution >= 4 is 50.0 Å². The summed E-state index contributed by atoms with van der Waals surface area (Å²) < 4.78 is 0. The van der Waals surface area contributed by atoms with Crippen LogP contribution in [-0.4, -0.2) is 60.2 Å². The first-order valence-electron chi connectivity index (χ1n) is 9.33. The minimum Gasteiger partial charge on any atom is -0.362 e. The van der Waals surface area contributed by atoms with E-state index in [9.17, 15) is 0 Å². The third kappa shape index (κ3) is 2.90. The van der Waals surface area contributed by atoms with E-state index in [4.69, 9.17) is 9.97 Å². The van der Waals surface area contributed by atoms with Gasteiger partial charge in [-0.05, 0) is 23.6 Å². The fourth-order valence-electron chi connectivity index (χ4n) is 3.68. The first-order valence-corrected chi connectivity index (χ1v) is 10.2. The van der Waals surface area contributed by atoms with E-state index in [0.29, 0.717) is 0 Å². The summed E-state index contributed by atoms with van der Waals surface area (Å²) in [7, 11) is 4.05. The Balaban J connectivity index is 1.42. The van der Waals surface area contributed by atoms with Crippen molar-refractivity contribution < 1.29 is 0 Å². The van der Waals surface area contributed by atoms with Gasteiger partial charge in [-0.15, -0.1) is 11.3 Å². The van der Waals surface area contributed by atoms with Crippen molar-refractivity contribution in [2.75, 3.05) is 55.0 Å². The number of nitrogens with zero attached hydrogens (tertiary/aromatic N) is 7. The summed E-state index contributed by atoms with van der Waals surface area (Å²) in [5, 5.41) is 4.29. The van der Waals surface area contributed by atoms with Crippen LogP contribution in [0.25, 0.3) is 21.1 Å². The third-order valence-corrected chi connectivity index (χ3v) is 5.92. The number of hydrogen-bond donors (Lipinski definition) is 0. The SMILES string of the molecule is CN(C)c1nc(N2CCN(c3ncnc4sccc34)CC2)nc2ccccc12. The average molecular weight is 392 g/mol. The Morgan fingerprint density at radius 1 is 0.893 bits per heavy atom. The smallest absolute Gasteiger partial charge is 0.228 e. The molecule has 1 aromatic carbocycles. The average Bonchev–Trinajstić information content (AvgIpc) is 3.22. The number of benzene rings is 1. The zero-order valence-electron chi connectivity index (χ0n) is 15.9.